The van der Waals surface area contributed by atoms with E-state index < -0.39 is 5.97 Å². The first-order valence-electron chi connectivity index (χ1n) is 5.40. The maximum atomic E-state index is 11.9. The number of rotatable bonds is 2. The summed E-state index contributed by atoms with van der Waals surface area (Å²) in [6.07, 6.45) is 3.29. The summed E-state index contributed by atoms with van der Waals surface area (Å²) < 4.78 is 6.72. The fourth-order valence-electron chi connectivity index (χ4n) is 1.57. The molecular formula is C13H9N3O2. The van der Waals surface area contributed by atoms with Gasteiger partial charge in [-0.25, -0.2) is 14.3 Å². The molecular weight excluding hydrogens is 230 g/mol. The highest BCUT2D eigenvalue weighted by Gasteiger charge is 2.11. The SMILES string of the molecule is O=C(Oc1ccccc1)c1ccc2nccn2n1. The van der Waals surface area contributed by atoms with E-state index in [0.717, 1.165) is 0 Å². The number of esters is 1. The van der Waals surface area contributed by atoms with Gasteiger partial charge in [-0.1, -0.05) is 18.2 Å². The van der Waals surface area contributed by atoms with Crippen molar-refractivity contribution in [2.75, 3.05) is 0 Å². The van der Waals surface area contributed by atoms with Gasteiger partial charge >= 0.3 is 5.97 Å². The Labute approximate surface area is 103 Å². The monoisotopic (exact) mass is 239 g/mol. The van der Waals surface area contributed by atoms with Crippen molar-refractivity contribution in [1.29, 1.82) is 0 Å². The maximum Gasteiger partial charge on any atom is 0.364 e. The largest absolute Gasteiger partial charge is 0.422 e. The van der Waals surface area contributed by atoms with Gasteiger partial charge in [0.1, 0.15) is 5.75 Å². The first-order chi connectivity index (χ1) is 8.83. The Bertz CT molecular complexity index is 692. The molecule has 0 spiro atoms. The zero-order chi connectivity index (χ0) is 12.4. The predicted octanol–water partition coefficient (Wildman–Crippen LogP) is 1.95. The number of carbonyl (C=O) groups is 1. The number of hydrogen-bond donors (Lipinski definition) is 0. The summed E-state index contributed by atoms with van der Waals surface area (Å²) in [5, 5.41) is 4.11. The van der Waals surface area contributed by atoms with Crippen molar-refractivity contribution in [2.45, 2.75) is 0 Å². The first kappa shape index (κ1) is 10.5. The lowest BCUT2D eigenvalue weighted by Gasteiger charge is -2.03. The van der Waals surface area contributed by atoms with Crippen LogP contribution in [0.15, 0.2) is 54.9 Å². The van der Waals surface area contributed by atoms with E-state index in [4.69, 9.17) is 4.74 Å². The molecule has 0 unspecified atom stereocenters. The summed E-state index contributed by atoms with van der Waals surface area (Å²) in [5.41, 5.74) is 0.926. The number of carbonyl (C=O) groups excluding carboxylic acids is 1. The third kappa shape index (κ3) is 1.93. The van der Waals surface area contributed by atoms with Gasteiger partial charge < -0.3 is 4.74 Å². The molecule has 3 rings (SSSR count). The Morgan fingerprint density at radius 2 is 1.94 bits per heavy atom. The van der Waals surface area contributed by atoms with E-state index in [-0.39, 0.29) is 5.69 Å². The van der Waals surface area contributed by atoms with E-state index in [1.165, 1.54) is 4.52 Å². The van der Waals surface area contributed by atoms with Crippen LogP contribution in [-0.2, 0) is 0 Å². The number of ether oxygens (including phenoxy) is 1. The minimum Gasteiger partial charge on any atom is -0.422 e. The fraction of sp³-hybridized carbons (Fsp3) is 0. The number of fused-ring (bicyclic) bond motifs is 1. The molecule has 18 heavy (non-hydrogen) atoms. The minimum atomic E-state index is -0.489. The number of imidazole rings is 1. The summed E-state index contributed by atoms with van der Waals surface area (Å²) in [7, 11) is 0. The molecule has 0 bridgehead atoms. The second-order valence-electron chi connectivity index (χ2n) is 3.65. The van der Waals surface area contributed by atoms with Gasteiger partial charge in [-0.3, -0.25) is 0 Å². The third-order valence-electron chi connectivity index (χ3n) is 2.42. The third-order valence-corrected chi connectivity index (χ3v) is 2.42. The van der Waals surface area contributed by atoms with Crippen LogP contribution in [0.3, 0.4) is 0 Å². The van der Waals surface area contributed by atoms with Crippen molar-refractivity contribution in [1.82, 2.24) is 14.6 Å². The molecule has 0 atom stereocenters. The average Bonchev–Trinajstić information content (AvgIpc) is 2.87. The zero-order valence-corrected chi connectivity index (χ0v) is 9.35. The Balaban J connectivity index is 1.87. The second kappa shape index (κ2) is 4.29. The molecule has 0 amide bonds. The molecule has 0 saturated carbocycles. The molecule has 0 N–H and O–H groups in total. The van der Waals surface area contributed by atoms with Crippen molar-refractivity contribution < 1.29 is 9.53 Å². The molecule has 88 valence electrons. The van der Waals surface area contributed by atoms with Crippen molar-refractivity contribution in [3.63, 3.8) is 0 Å². The quantitative estimate of drug-likeness (QED) is 0.506. The minimum absolute atomic E-state index is 0.240. The van der Waals surface area contributed by atoms with E-state index in [1.807, 2.05) is 6.07 Å². The van der Waals surface area contributed by atoms with Crippen LogP contribution in [0.4, 0.5) is 0 Å². The van der Waals surface area contributed by atoms with Gasteiger partial charge in [0.15, 0.2) is 11.3 Å². The van der Waals surface area contributed by atoms with E-state index in [0.29, 0.717) is 11.4 Å². The summed E-state index contributed by atoms with van der Waals surface area (Å²) in [6, 6.07) is 12.2. The summed E-state index contributed by atoms with van der Waals surface area (Å²) in [6.45, 7) is 0. The Hall–Kier alpha value is -2.69. The van der Waals surface area contributed by atoms with Crippen molar-refractivity contribution in [3.8, 4) is 5.75 Å². The van der Waals surface area contributed by atoms with Crippen molar-refractivity contribution in [2.24, 2.45) is 0 Å². The van der Waals surface area contributed by atoms with E-state index in [2.05, 4.69) is 10.1 Å². The zero-order valence-electron chi connectivity index (χ0n) is 9.35. The molecule has 0 fully saturated rings. The Morgan fingerprint density at radius 3 is 2.78 bits per heavy atom. The fourth-order valence-corrected chi connectivity index (χ4v) is 1.57. The van der Waals surface area contributed by atoms with Crippen LogP contribution < -0.4 is 4.74 Å². The second-order valence-corrected chi connectivity index (χ2v) is 3.65. The Morgan fingerprint density at radius 1 is 1.11 bits per heavy atom. The molecule has 0 aliphatic heterocycles. The van der Waals surface area contributed by atoms with Crippen LogP contribution in [0.1, 0.15) is 10.5 Å². The molecule has 3 aromatic rings. The summed E-state index contributed by atoms with van der Waals surface area (Å²) >= 11 is 0. The van der Waals surface area contributed by atoms with Gasteiger partial charge in [0.25, 0.3) is 0 Å². The van der Waals surface area contributed by atoms with Crippen LogP contribution in [0.25, 0.3) is 5.65 Å². The average molecular weight is 239 g/mol. The molecule has 2 aromatic heterocycles. The molecule has 0 radical (unpaired) electrons. The number of aromatic nitrogens is 3. The number of para-hydroxylation sites is 1. The summed E-state index contributed by atoms with van der Waals surface area (Å²) in [4.78, 5) is 15.9. The topological polar surface area (TPSA) is 56.5 Å². The molecule has 0 saturated heterocycles. The lowest BCUT2D eigenvalue weighted by atomic mass is 10.3. The smallest absolute Gasteiger partial charge is 0.364 e. The van der Waals surface area contributed by atoms with Crippen LogP contribution in [0, 0.1) is 0 Å². The lowest BCUT2D eigenvalue weighted by molar-refractivity contribution is 0.0727. The standard InChI is InChI=1S/C13H9N3O2/c17-13(18-10-4-2-1-3-5-10)11-6-7-12-14-8-9-16(12)15-11/h1-9H. The van der Waals surface area contributed by atoms with Gasteiger partial charge in [0.2, 0.25) is 0 Å². The normalized spacial score (nSPS) is 10.4. The number of nitrogens with zero attached hydrogens (tertiary/aromatic N) is 3. The van der Waals surface area contributed by atoms with Gasteiger partial charge in [0.05, 0.1) is 0 Å². The van der Waals surface area contributed by atoms with Gasteiger partial charge in [0, 0.05) is 12.4 Å². The molecule has 2 heterocycles. The highest BCUT2D eigenvalue weighted by molar-refractivity contribution is 5.89. The van der Waals surface area contributed by atoms with Gasteiger partial charge in [-0.15, -0.1) is 0 Å². The lowest BCUT2D eigenvalue weighted by Crippen LogP contribution is -2.12. The number of benzene rings is 1. The summed E-state index contributed by atoms with van der Waals surface area (Å²) in [5.74, 6) is 0.00632. The van der Waals surface area contributed by atoms with Gasteiger partial charge in [-0.05, 0) is 24.3 Å². The van der Waals surface area contributed by atoms with Crippen LogP contribution in [0.5, 0.6) is 5.75 Å². The van der Waals surface area contributed by atoms with Crippen LogP contribution >= 0.6 is 0 Å². The van der Waals surface area contributed by atoms with E-state index in [1.54, 1.807) is 48.8 Å². The van der Waals surface area contributed by atoms with E-state index >= 15 is 0 Å². The highest BCUT2D eigenvalue weighted by Crippen LogP contribution is 2.11. The Kier molecular flexibility index (Phi) is 2.49. The van der Waals surface area contributed by atoms with Crippen molar-refractivity contribution >= 4 is 11.6 Å². The number of hydrogen-bond acceptors (Lipinski definition) is 4. The van der Waals surface area contributed by atoms with Gasteiger partial charge in [-0.2, -0.15) is 5.10 Å². The molecule has 5 nitrogen and oxygen atoms in total. The van der Waals surface area contributed by atoms with Crippen LogP contribution in [-0.4, -0.2) is 20.6 Å². The highest BCUT2D eigenvalue weighted by atomic mass is 16.5. The predicted molar refractivity (Wildman–Crippen MR) is 64.4 cm³/mol. The molecule has 0 aliphatic rings. The maximum absolute atomic E-state index is 11.9. The van der Waals surface area contributed by atoms with E-state index in [9.17, 15) is 4.79 Å². The van der Waals surface area contributed by atoms with Crippen molar-refractivity contribution in [3.05, 3.63) is 60.6 Å². The van der Waals surface area contributed by atoms with Crippen LogP contribution in [0.2, 0.25) is 0 Å². The molecule has 0 aliphatic carbocycles. The first-order valence-corrected chi connectivity index (χ1v) is 5.40. The molecule has 1 aromatic carbocycles. The molecule has 5 heteroatoms.